The molecule has 2 N–H and O–H groups in total. The highest BCUT2D eigenvalue weighted by molar-refractivity contribution is 6.03. The molecule has 5 nitrogen and oxygen atoms in total. The van der Waals surface area contributed by atoms with Crippen molar-refractivity contribution < 1.29 is 18.0 Å². The van der Waals surface area contributed by atoms with Crippen molar-refractivity contribution >= 4 is 23.2 Å². The molecule has 0 aliphatic rings. The second-order valence-corrected chi connectivity index (χ2v) is 6.19. The van der Waals surface area contributed by atoms with E-state index in [9.17, 15) is 18.0 Å². The van der Waals surface area contributed by atoms with Gasteiger partial charge < -0.3 is 10.6 Å². The van der Waals surface area contributed by atoms with Gasteiger partial charge in [0.25, 0.3) is 5.91 Å². The van der Waals surface area contributed by atoms with Gasteiger partial charge in [-0.15, -0.1) is 0 Å². The SMILES string of the molecule is Cc1cccc(C)c1Nc1nccc(C(=O)Nc2ccc(C(F)(F)F)cc2)n1. The minimum Gasteiger partial charge on any atom is -0.324 e. The average Bonchev–Trinajstić information content (AvgIpc) is 2.65. The molecule has 1 aromatic heterocycles. The van der Waals surface area contributed by atoms with E-state index in [0.717, 1.165) is 28.9 Å². The number of halogens is 3. The van der Waals surface area contributed by atoms with Gasteiger partial charge in [-0.05, 0) is 55.3 Å². The normalized spacial score (nSPS) is 11.2. The maximum Gasteiger partial charge on any atom is 0.416 e. The zero-order valence-electron chi connectivity index (χ0n) is 15.1. The van der Waals surface area contributed by atoms with Gasteiger partial charge in [0, 0.05) is 17.6 Å². The Labute approximate surface area is 159 Å². The fourth-order valence-electron chi connectivity index (χ4n) is 2.61. The van der Waals surface area contributed by atoms with E-state index in [1.165, 1.54) is 24.4 Å². The van der Waals surface area contributed by atoms with Crippen molar-refractivity contribution in [2.45, 2.75) is 20.0 Å². The van der Waals surface area contributed by atoms with E-state index < -0.39 is 17.6 Å². The van der Waals surface area contributed by atoms with E-state index in [1.54, 1.807) is 0 Å². The van der Waals surface area contributed by atoms with Gasteiger partial charge in [-0.1, -0.05) is 18.2 Å². The summed E-state index contributed by atoms with van der Waals surface area (Å²) in [6.45, 7) is 3.88. The summed E-state index contributed by atoms with van der Waals surface area (Å²) < 4.78 is 37.8. The highest BCUT2D eigenvalue weighted by Gasteiger charge is 2.30. The summed E-state index contributed by atoms with van der Waals surface area (Å²) in [6.07, 6.45) is -2.99. The number of nitrogens with one attached hydrogen (secondary N) is 2. The standard InChI is InChI=1S/C20H17F3N4O/c1-12-4-3-5-13(2)17(12)27-19-24-11-10-16(26-19)18(28)25-15-8-6-14(7-9-15)20(21,22)23/h3-11H,1-2H3,(H,25,28)(H,24,26,27). The van der Waals surface area contributed by atoms with E-state index >= 15 is 0 Å². The molecule has 0 spiro atoms. The molecular formula is C20H17F3N4O. The van der Waals surface area contributed by atoms with Crippen molar-refractivity contribution in [1.29, 1.82) is 0 Å². The van der Waals surface area contributed by atoms with Gasteiger partial charge in [-0.25, -0.2) is 9.97 Å². The summed E-state index contributed by atoms with van der Waals surface area (Å²) >= 11 is 0. The zero-order valence-corrected chi connectivity index (χ0v) is 15.1. The first-order chi connectivity index (χ1) is 13.2. The highest BCUT2D eigenvalue weighted by Crippen LogP contribution is 2.30. The molecule has 3 rings (SSSR count). The highest BCUT2D eigenvalue weighted by atomic mass is 19.4. The second-order valence-electron chi connectivity index (χ2n) is 6.19. The molecule has 0 aliphatic heterocycles. The summed E-state index contributed by atoms with van der Waals surface area (Å²) in [4.78, 5) is 20.7. The predicted molar refractivity (Wildman–Crippen MR) is 101 cm³/mol. The fraction of sp³-hybridized carbons (Fsp3) is 0.150. The van der Waals surface area contributed by atoms with Crippen LogP contribution in [-0.4, -0.2) is 15.9 Å². The number of anilines is 3. The lowest BCUT2D eigenvalue weighted by Gasteiger charge is -2.12. The summed E-state index contributed by atoms with van der Waals surface area (Å²) in [5.41, 5.74) is 2.39. The van der Waals surface area contributed by atoms with E-state index in [4.69, 9.17) is 0 Å². The van der Waals surface area contributed by atoms with Crippen molar-refractivity contribution in [3.05, 3.63) is 77.1 Å². The first-order valence-corrected chi connectivity index (χ1v) is 8.39. The Kier molecular flexibility index (Phi) is 5.30. The number of aryl methyl sites for hydroxylation is 2. The Morgan fingerprint density at radius 3 is 2.21 bits per heavy atom. The summed E-state index contributed by atoms with van der Waals surface area (Å²) in [5, 5.41) is 5.62. The minimum atomic E-state index is -4.43. The smallest absolute Gasteiger partial charge is 0.324 e. The number of alkyl halides is 3. The van der Waals surface area contributed by atoms with Gasteiger partial charge in [-0.2, -0.15) is 13.2 Å². The number of aromatic nitrogens is 2. The molecule has 0 unspecified atom stereocenters. The van der Waals surface area contributed by atoms with Crippen LogP contribution >= 0.6 is 0 Å². The Morgan fingerprint density at radius 2 is 1.61 bits per heavy atom. The molecule has 0 saturated carbocycles. The van der Waals surface area contributed by atoms with Gasteiger partial charge in [0.15, 0.2) is 0 Å². The molecule has 3 aromatic rings. The lowest BCUT2D eigenvalue weighted by atomic mass is 10.1. The monoisotopic (exact) mass is 386 g/mol. The van der Waals surface area contributed by atoms with Gasteiger partial charge in [0.1, 0.15) is 5.69 Å². The van der Waals surface area contributed by atoms with Crippen LogP contribution in [0.25, 0.3) is 0 Å². The molecule has 1 amide bonds. The number of hydrogen-bond acceptors (Lipinski definition) is 4. The van der Waals surface area contributed by atoms with E-state index in [-0.39, 0.29) is 17.3 Å². The maximum atomic E-state index is 12.6. The molecule has 144 valence electrons. The van der Waals surface area contributed by atoms with Crippen LogP contribution in [0.5, 0.6) is 0 Å². The summed E-state index contributed by atoms with van der Waals surface area (Å²) in [5.74, 6) is -0.302. The number of nitrogens with zero attached hydrogens (tertiary/aromatic N) is 2. The van der Waals surface area contributed by atoms with Crippen LogP contribution in [0.4, 0.5) is 30.5 Å². The largest absolute Gasteiger partial charge is 0.416 e. The zero-order chi connectivity index (χ0) is 20.3. The second kappa shape index (κ2) is 7.67. The Bertz CT molecular complexity index is 981. The molecule has 0 atom stereocenters. The molecule has 0 fully saturated rings. The summed E-state index contributed by atoms with van der Waals surface area (Å²) in [7, 11) is 0. The van der Waals surface area contributed by atoms with Gasteiger partial charge in [-0.3, -0.25) is 4.79 Å². The molecule has 0 radical (unpaired) electrons. The summed E-state index contributed by atoms with van der Waals surface area (Å²) in [6, 6.07) is 11.4. The van der Waals surface area contributed by atoms with Gasteiger partial charge in [0.2, 0.25) is 5.95 Å². The first-order valence-electron chi connectivity index (χ1n) is 8.39. The van der Waals surface area contributed by atoms with E-state index in [2.05, 4.69) is 20.6 Å². The van der Waals surface area contributed by atoms with Crippen molar-refractivity contribution in [2.75, 3.05) is 10.6 Å². The van der Waals surface area contributed by atoms with E-state index in [1.807, 2.05) is 32.0 Å². The van der Waals surface area contributed by atoms with Crippen LogP contribution in [0, 0.1) is 13.8 Å². The predicted octanol–water partition coefficient (Wildman–Crippen LogP) is 5.11. The average molecular weight is 386 g/mol. The third-order valence-electron chi connectivity index (χ3n) is 4.08. The van der Waals surface area contributed by atoms with Crippen LogP contribution in [-0.2, 0) is 6.18 Å². The molecule has 28 heavy (non-hydrogen) atoms. The number of hydrogen-bond donors (Lipinski definition) is 2. The number of carbonyl (C=O) groups excluding carboxylic acids is 1. The maximum absolute atomic E-state index is 12.6. The van der Waals surface area contributed by atoms with Crippen LogP contribution in [0.15, 0.2) is 54.7 Å². The quantitative estimate of drug-likeness (QED) is 0.654. The van der Waals surface area contributed by atoms with Crippen LogP contribution < -0.4 is 10.6 Å². The number of amides is 1. The Hall–Kier alpha value is -3.42. The van der Waals surface area contributed by atoms with Crippen molar-refractivity contribution in [3.63, 3.8) is 0 Å². The van der Waals surface area contributed by atoms with Crippen LogP contribution in [0.1, 0.15) is 27.2 Å². The number of benzene rings is 2. The molecule has 8 heteroatoms. The number of rotatable bonds is 4. The van der Waals surface area contributed by atoms with E-state index in [0.29, 0.717) is 0 Å². The third kappa shape index (κ3) is 4.46. The topological polar surface area (TPSA) is 66.9 Å². The molecular weight excluding hydrogens is 369 g/mol. The third-order valence-corrected chi connectivity index (χ3v) is 4.08. The number of carbonyl (C=O) groups is 1. The molecule has 0 aliphatic carbocycles. The van der Waals surface area contributed by atoms with Crippen molar-refractivity contribution in [3.8, 4) is 0 Å². The Balaban J connectivity index is 1.75. The fourth-order valence-corrected chi connectivity index (χ4v) is 2.61. The van der Waals surface area contributed by atoms with Crippen molar-refractivity contribution in [1.82, 2.24) is 9.97 Å². The lowest BCUT2D eigenvalue weighted by Crippen LogP contribution is -2.15. The van der Waals surface area contributed by atoms with Gasteiger partial charge >= 0.3 is 6.18 Å². The molecule has 2 aromatic carbocycles. The van der Waals surface area contributed by atoms with Gasteiger partial charge in [0.05, 0.1) is 5.56 Å². The van der Waals surface area contributed by atoms with Crippen molar-refractivity contribution in [2.24, 2.45) is 0 Å². The molecule has 0 bridgehead atoms. The molecule has 1 heterocycles. The number of para-hydroxylation sites is 1. The minimum absolute atomic E-state index is 0.0867. The molecule has 0 saturated heterocycles. The Morgan fingerprint density at radius 1 is 0.964 bits per heavy atom. The van der Waals surface area contributed by atoms with Crippen LogP contribution in [0.3, 0.4) is 0 Å². The van der Waals surface area contributed by atoms with Crippen LogP contribution in [0.2, 0.25) is 0 Å². The lowest BCUT2D eigenvalue weighted by molar-refractivity contribution is -0.137. The first kappa shape index (κ1) is 19.3.